The average molecular weight is 313 g/mol. The van der Waals surface area contributed by atoms with Gasteiger partial charge in [-0.2, -0.15) is 0 Å². The molecule has 0 spiro atoms. The normalized spacial score (nSPS) is 10.0. The molecule has 6 nitrogen and oxygen atoms in total. The largest absolute Gasteiger partial charge is 0.497 e. The summed E-state index contributed by atoms with van der Waals surface area (Å²) >= 11 is 0. The fraction of sp³-hybridized carbons (Fsp3) is 0.235. The smallest absolute Gasteiger partial charge is 0.255 e. The van der Waals surface area contributed by atoms with E-state index in [-0.39, 0.29) is 11.8 Å². The molecule has 2 rings (SSSR count). The molecular weight excluding hydrogens is 294 g/mol. The zero-order valence-corrected chi connectivity index (χ0v) is 13.1. The van der Waals surface area contributed by atoms with Crippen LogP contribution in [0.25, 0.3) is 0 Å². The first kappa shape index (κ1) is 16.5. The van der Waals surface area contributed by atoms with Gasteiger partial charge in [-0.3, -0.25) is 9.59 Å². The number of nitrogens with zero attached hydrogens (tertiary/aromatic N) is 1. The molecule has 1 aromatic heterocycles. The SMILES string of the molecule is CCCC(=O)Nc1ccc(NC(=O)c2ccc(OC)cc2)cn1. The van der Waals surface area contributed by atoms with Crippen LogP contribution in [-0.4, -0.2) is 23.9 Å². The fourth-order valence-corrected chi connectivity index (χ4v) is 1.92. The molecule has 0 aliphatic rings. The molecule has 2 amide bonds. The van der Waals surface area contributed by atoms with Gasteiger partial charge < -0.3 is 15.4 Å². The Morgan fingerprint density at radius 3 is 2.39 bits per heavy atom. The summed E-state index contributed by atoms with van der Waals surface area (Å²) in [7, 11) is 1.57. The van der Waals surface area contributed by atoms with Crippen molar-refractivity contribution in [2.45, 2.75) is 19.8 Å². The van der Waals surface area contributed by atoms with Crippen molar-refractivity contribution in [3.05, 3.63) is 48.2 Å². The minimum atomic E-state index is -0.239. The molecule has 0 fully saturated rings. The Morgan fingerprint density at radius 2 is 1.83 bits per heavy atom. The van der Waals surface area contributed by atoms with Crippen LogP contribution in [0.15, 0.2) is 42.6 Å². The number of carbonyl (C=O) groups excluding carboxylic acids is 2. The molecule has 0 aliphatic heterocycles. The van der Waals surface area contributed by atoms with Crippen LogP contribution in [0.2, 0.25) is 0 Å². The second-order valence-electron chi connectivity index (χ2n) is 4.91. The van der Waals surface area contributed by atoms with E-state index in [1.165, 1.54) is 6.20 Å². The number of methoxy groups -OCH3 is 1. The van der Waals surface area contributed by atoms with Crippen LogP contribution in [0.1, 0.15) is 30.1 Å². The zero-order chi connectivity index (χ0) is 16.7. The van der Waals surface area contributed by atoms with Crippen molar-refractivity contribution in [3.63, 3.8) is 0 Å². The Bertz CT molecular complexity index is 666. The predicted octanol–water partition coefficient (Wildman–Crippen LogP) is 3.08. The van der Waals surface area contributed by atoms with Gasteiger partial charge in [0.1, 0.15) is 11.6 Å². The minimum absolute atomic E-state index is 0.0741. The van der Waals surface area contributed by atoms with Crippen LogP contribution < -0.4 is 15.4 Å². The maximum atomic E-state index is 12.1. The highest BCUT2D eigenvalue weighted by Crippen LogP contribution is 2.14. The number of hydrogen-bond donors (Lipinski definition) is 2. The summed E-state index contributed by atoms with van der Waals surface area (Å²) in [6.45, 7) is 1.94. The highest BCUT2D eigenvalue weighted by atomic mass is 16.5. The summed E-state index contributed by atoms with van der Waals surface area (Å²) in [6, 6.07) is 10.1. The van der Waals surface area contributed by atoms with Crippen molar-refractivity contribution < 1.29 is 14.3 Å². The molecule has 0 saturated heterocycles. The molecule has 23 heavy (non-hydrogen) atoms. The third-order valence-electron chi connectivity index (χ3n) is 3.12. The Kier molecular flexibility index (Phi) is 5.68. The van der Waals surface area contributed by atoms with Crippen LogP contribution in [0, 0.1) is 0 Å². The molecule has 120 valence electrons. The van der Waals surface area contributed by atoms with E-state index in [1.807, 2.05) is 6.92 Å². The van der Waals surface area contributed by atoms with Crippen LogP contribution in [0.3, 0.4) is 0 Å². The molecule has 0 bridgehead atoms. The van der Waals surface area contributed by atoms with Gasteiger partial charge in [-0.1, -0.05) is 6.92 Å². The molecule has 2 aromatic rings. The van der Waals surface area contributed by atoms with Gasteiger partial charge in [0, 0.05) is 12.0 Å². The van der Waals surface area contributed by atoms with Crippen molar-refractivity contribution in [2.24, 2.45) is 0 Å². The minimum Gasteiger partial charge on any atom is -0.497 e. The molecule has 1 heterocycles. The first-order valence-corrected chi connectivity index (χ1v) is 7.33. The lowest BCUT2D eigenvalue weighted by Crippen LogP contribution is -2.13. The highest BCUT2D eigenvalue weighted by molar-refractivity contribution is 6.04. The number of amides is 2. The van der Waals surface area contributed by atoms with E-state index >= 15 is 0 Å². The number of ether oxygens (including phenoxy) is 1. The standard InChI is InChI=1S/C17H19N3O3/c1-3-4-16(21)20-15-10-7-13(11-18-15)19-17(22)12-5-8-14(23-2)9-6-12/h5-11H,3-4H2,1-2H3,(H,19,22)(H,18,20,21). The van der Waals surface area contributed by atoms with E-state index in [4.69, 9.17) is 4.74 Å². The second kappa shape index (κ2) is 7.93. The van der Waals surface area contributed by atoms with Gasteiger partial charge in [0.25, 0.3) is 5.91 Å². The third-order valence-corrected chi connectivity index (χ3v) is 3.12. The molecule has 0 atom stereocenters. The van der Waals surface area contributed by atoms with Crippen molar-refractivity contribution in [3.8, 4) is 5.75 Å². The topological polar surface area (TPSA) is 80.3 Å². The van der Waals surface area contributed by atoms with Gasteiger partial charge >= 0.3 is 0 Å². The Morgan fingerprint density at radius 1 is 1.09 bits per heavy atom. The number of aromatic nitrogens is 1. The Balaban J connectivity index is 1.96. The van der Waals surface area contributed by atoms with Crippen molar-refractivity contribution in [2.75, 3.05) is 17.7 Å². The second-order valence-corrected chi connectivity index (χ2v) is 4.91. The van der Waals surface area contributed by atoms with Crippen LogP contribution in [-0.2, 0) is 4.79 Å². The molecule has 6 heteroatoms. The Labute approximate surface area is 134 Å². The molecule has 0 saturated carbocycles. The highest BCUT2D eigenvalue weighted by Gasteiger charge is 2.07. The summed E-state index contributed by atoms with van der Waals surface area (Å²) in [5.41, 5.74) is 1.07. The van der Waals surface area contributed by atoms with Gasteiger partial charge in [-0.15, -0.1) is 0 Å². The average Bonchev–Trinajstić information content (AvgIpc) is 2.57. The van der Waals surface area contributed by atoms with Gasteiger partial charge in [0.15, 0.2) is 0 Å². The first-order chi connectivity index (χ1) is 11.1. The van der Waals surface area contributed by atoms with E-state index in [0.717, 1.165) is 6.42 Å². The van der Waals surface area contributed by atoms with E-state index in [9.17, 15) is 9.59 Å². The van der Waals surface area contributed by atoms with E-state index < -0.39 is 0 Å². The summed E-state index contributed by atoms with van der Waals surface area (Å²) in [5.74, 6) is 0.841. The molecular formula is C17H19N3O3. The van der Waals surface area contributed by atoms with Crippen LogP contribution in [0.4, 0.5) is 11.5 Å². The van der Waals surface area contributed by atoms with E-state index in [0.29, 0.717) is 29.2 Å². The molecule has 1 aromatic carbocycles. The monoisotopic (exact) mass is 313 g/mol. The lowest BCUT2D eigenvalue weighted by atomic mass is 10.2. The number of benzene rings is 1. The number of rotatable bonds is 6. The molecule has 0 aliphatic carbocycles. The summed E-state index contributed by atoms with van der Waals surface area (Å²) < 4.78 is 5.05. The number of nitrogens with one attached hydrogen (secondary N) is 2. The van der Waals surface area contributed by atoms with Crippen molar-refractivity contribution in [1.29, 1.82) is 0 Å². The van der Waals surface area contributed by atoms with E-state index in [2.05, 4.69) is 15.6 Å². The van der Waals surface area contributed by atoms with Gasteiger partial charge in [0.2, 0.25) is 5.91 Å². The predicted molar refractivity (Wildman–Crippen MR) is 88.7 cm³/mol. The van der Waals surface area contributed by atoms with Gasteiger partial charge in [0.05, 0.1) is 19.0 Å². The number of pyridine rings is 1. The van der Waals surface area contributed by atoms with Crippen LogP contribution in [0.5, 0.6) is 5.75 Å². The van der Waals surface area contributed by atoms with E-state index in [1.54, 1.807) is 43.5 Å². The van der Waals surface area contributed by atoms with Crippen molar-refractivity contribution >= 4 is 23.3 Å². The number of hydrogen-bond acceptors (Lipinski definition) is 4. The fourth-order valence-electron chi connectivity index (χ4n) is 1.92. The number of carbonyl (C=O) groups is 2. The van der Waals surface area contributed by atoms with Gasteiger partial charge in [-0.25, -0.2) is 4.98 Å². The molecule has 2 N–H and O–H groups in total. The molecule has 0 radical (unpaired) electrons. The summed E-state index contributed by atoms with van der Waals surface area (Å²) in [5, 5.41) is 5.44. The van der Waals surface area contributed by atoms with Crippen LogP contribution >= 0.6 is 0 Å². The Hall–Kier alpha value is -2.89. The lowest BCUT2D eigenvalue weighted by Gasteiger charge is -2.07. The third kappa shape index (κ3) is 4.81. The molecule has 0 unspecified atom stereocenters. The summed E-state index contributed by atoms with van der Waals surface area (Å²) in [6.07, 6.45) is 2.74. The van der Waals surface area contributed by atoms with Crippen molar-refractivity contribution in [1.82, 2.24) is 4.98 Å². The maximum absolute atomic E-state index is 12.1. The zero-order valence-electron chi connectivity index (χ0n) is 13.1. The number of anilines is 2. The van der Waals surface area contributed by atoms with Gasteiger partial charge in [-0.05, 0) is 42.8 Å². The quantitative estimate of drug-likeness (QED) is 0.859. The summed E-state index contributed by atoms with van der Waals surface area (Å²) in [4.78, 5) is 27.7. The maximum Gasteiger partial charge on any atom is 0.255 e. The lowest BCUT2D eigenvalue weighted by molar-refractivity contribution is -0.116. The first-order valence-electron chi connectivity index (χ1n) is 7.33.